The molecule has 4 aromatic rings. The fourth-order valence-electron chi connectivity index (χ4n) is 4.69. The molecule has 0 aliphatic heterocycles. The van der Waals surface area contributed by atoms with Crippen LogP contribution in [0.3, 0.4) is 0 Å². The molecule has 40 heavy (non-hydrogen) atoms. The Balaban J connectivity index is 1.61. The highest BCUT2D eigenvalue weighted by Gasteiger charge is 2.30. The highest BCUT2D eigenvalue weighted by molar-refractivity contribution is 5.89. The molecule has 0 radical (unpaired) electrons. The van der Waals surface area contributed by atoms with Gasteiger partial charge in [-0.3, -0.25) is 9.59 Å². The Labute approximate surface area is 236 Å². The number of hydrogen-bond acceptors (Lipinski definition) is 4. The second-order valence-corrected chi connectivity index (χ2v) is 9.61. The summed E-state index contributed by atoms with van der Waals surface area (Å²) in [5, 5.41) is 3.10. The minimum atomic E-state index is -0.689. The predicted octanol–water partition coefficient (Wildman–Crippen LogP) is 5.25. The van der Waals surface area contributed by atoms with E-state index in [9.17, 15) is 9.59 Å². The third-order valence-electron chi connectivity index (χ3n) is 6.83. The van der Waals surface area contributed by atoms with Gasteiger partial charge in [0, 0.05) is 19.5 Å². The highest BCUT2D eigenvalue weighted by atomic mass is 16.5. The van der Waals surface area contributed by atoms with E-state index in [4.69, 9.17) is 9.47 Å². The number of carbonyl (C=O) groups is 2. The third kappa shape index (κ3) is 7.96. The molecule has 0 saturated carbocycles. The first-order valence-corrected chi connectivity index (χ1v) is 13.5. The Morgan fingerprint density at radius 2 is 1.27 bits per heavy atom. The van der Waals surface area contributed by atoms with Crippen LogP contribution in [-0.4, -0.2) is 43.5 Å². The molecule has 0 spiro atoms. The van der Waals surface area contributed by atoms with Gasteiger partial charge in [-0.1, -0.05) is 97.1 Å². The highest BCUT2D eigenvalue weighted by Crippen LogP contribution is 2.28. The first-order valence-electron chi connectivity index (χ1n) is 13.5. The number of amides is 2. The van der Waals surface area contributed by atoms with Crippen LogP contribution in [0.1, 0.15) is 22.3 Å². The molecule has 0 fully saturated rings. The van der Waals surface area contributed by atoms with Crippen molar-refractivity contribution in [3.8, 4) is 11.5 Å². The average molecular weight is 537 g/mol. The first kappa shape index (κ1) is 28.4. The summed E-state index contributed by atoms with van der Waals surface area (Å²) in [5.74, 6) is 0.841. The van der Waals surface area contributed by atoms with Crippen molar-refractivity contribution < 1.29 is 19.1 Å². The van der Waals surface area contributed by atoms with Gasteiger partial charge in [0.2, 0.25) is 11.8 Å². The van der Waals surface area contributed by atoms with Crippen molar-refractivity contribution in [3.63, 3.8) is 0 Å². The number of nitrogens with one attached hydrogen (secondary N) is 1. The van der Waals surface area contributed by atoms with E-state index in [1.54, 1.807) is 25.2 Å². The van der Waals surface area contributed by atoms with E-state index in [-0.39, 0.29) is 18.2 Å². The summed E-state index contributed by atoms with van der Waals surface area (Å²) in [6.07, 6.45) is 1.24. The molecular weight excluding hydrogens is 500 g/mol. The maximum atomic E-state index is 14.0. The number of hydrogen-bond donors (Lipinski definition) is 1. The van der Waals surface area contributed by atoms with E-state index >= 15 is 0 Å². The molecule has 0 saturated heterocycles. The number of nitrogens with zero attached hydrogens (tertiary/aromatic N) is 1. The monoisotopic (exact) mass is 536 g/mol. The molecule has 0 aromatic heterocycles. The van der Waals surface area contributed by atoms with Crippen LogP contribution in [0.2, 0.25) is 0 Å². The summed E-state index contributed by atoms with van der Waals surface area (Å²) in [5.41, 5.74) is 3.87. The standard InChI is InChI=1S/C34H36N2O4/c1-39-31-19-18-29(23-32(31)40-2)24-33(37)36(25-28-16-10-5-11-17-28)30(22-27-14-8-4-9-15-27)34(38)35-21-20-26-12-6-3-7-13-26/h3-19,23,30H,20-22,24-25H2,1-2H3,(H,35,38). The van der Waals surface area contributed by atoms with Crippen LogP contribution in [0.15, 0.2) is 109 Å². The lowest BCUT2D eigenvalue weighted by molar-refractivity contribution is -0.140. The second kappa shape index (κ2) is 14.5. The Morgan fingerprint density at radius 1 is 0.700 bits per heavy atom. The van der Waals surface area contributed by atoms with Crippen molar-refractivity contribution in [1.29, 1.82) is 0 Å². The summed E-state index contributed by atoms with van der Waals surface area (Å²) in [6.45, 7) is 0.799. The molecule has 4 aromatic carbocycles. The van der Waals surface area contributed by atoms with Crippen molar-refractivity contribution >= 4 is 11.8 Å². The lowest BCUT2D eigenvalue weighted by Crippen LogP contribution is -2.51. The Hall–Kier alpha value is -4.58. The summed E-state index contributed by atoms with van der Waals surface area (Å²) in [4.78, 5) is 29.5. The van der Waals surface area contributed by atoms with Crippen molar-refractivity contribution in [2.24, 2.45) is 0 Å². The predicted molar refractivity (Wildman–Crippen MR) is 157 cm³/mol. The van der Waals surface area contributed by atoms with E-state index in [1.807, 2.05) is 103 Å². The molecule has 0 heterocycles. The zero-order valence-corrected chi connectivity index (χ0v) is 23.1. The fourth-order valence-corrected chi connectivity index (χ4v) is 4.69. The maximum Gasteiger partial charge on any atom is 0.243 e. The Kier molecular flexibility index (Phi) is 10.3. The van der Waals surface area contributed by atoms with Gasteiger partial charge >= 0.3 is 0 Å². The number of rotatable bonds is 13. The Bertz CT molecular complexity index is 1360. The number of ether oxygens (including phenoxy) is 2. The van der Waals surface area contributed by atoms with Gasteiger partial charge < -0.3 is 19.7 Å². The smallest absolute Gasteiger partial charge is 0.243 e. The van der Waals surface area contributed by atoms with Crippen molar-refractivity contribution in [2.45, 2.75) is 31.8 Å². The van der Waals surface area contributed by atoms with E-state index in [1.165, 1.54) is 0 Å². The minimum absolute atomic E-state index is 0.121. The molecule has 4 rings (SSSR count). The molecule has 1 atom stereocenters. The van der Waals surface area contributed by atoms with Gasteiger partial charge in [0.05, 0.1) is 20.6 Å². The molecule has 0 aliphatic rings. The van der Waals surface area contributed by atoms with Crippen LogP contribution in [0.4, 0.5) is 0 Å². The van der Waals surface area contributed by atoms with Crippen molar-refractivity contribution in [3.05, 3.63) is 131 Å². The molecule has 0 bridgehead atoms. The van der Waals surface area contributed by atoms with Gasteiger partial charge in [-0.25, -0.2) is 0 Å². The van der Waals surface area contributed by atoms with Gasteiger partial charge in [0.15, 0.2) is 11.5 Å². The molecule has 6 nitrogen and oxygen atoms in total. The molecule has 1 N–H and O–H groups in total. The number of benzene rings is 4. The number of methoxy groups -OCH3 is 2. The van der Waals surface area contributed by atoms with Crippen molar-refractivity contribution in [1.82, 2.24) is 10.2 Å². The minimum Gasteiger partial charge on any atom is -0.493 e. The molecule has 1 unspecified atom stereocenters. The SMILES string of the molecule is COc1ccc(CC(=O)N(Cc2ccccc2)C(Cc2ccccc2)C(=O)NCCc2ccccc2)cc1OC. The second-order valence-electron chi connectivity index (χ2n) is 9.61. The van der Waals surface area contributed by atoms with Crippen molar-refractivity contribution in [2.75, 3.05) is 20.8 Å². The first-order chi connectivity index (χ1) is 19.6. The van der Waals surface area contributed by atoms with E-state index in [2.05, 4.69) is 5.32 Å². The quantitative estimate of drug-likeness (QED) is 0.254. The normalized spacial score (nSPS) is 11.3. The molecule has 2 amide bonds. The van der Waals surface area contributed by atoms with E-state index in [0.29, 0.717) is 37.4 Å². The van der Waals surface area contributed by atoms with Gasteiger partial charge in [-0.15, -0.1) is 0 Å². The zero-order chi connectivity index (χ0) is 28.2. The van der Waals surface area contributed by atoms with Crippen LogP contribution in [0.5, 0.6) is 11.5 Å². The van der Waals surface area contributed by atoms with E-state index < -0.39 is 6.04 Å². The van der Waals surface area contributed by atoms with Gasteiger partial charge in [0.25, 0.3) is 0 Å². The third-order valence-corrected chi connectivity index (χ3v) is 6.83. The Morgan fingerprint density at radius 3 is 1.88 bits per heavy atom. The topological polar surface area (TPSA) is 67.9 Å². The summed E-state index contributed by atoms with van der Waals surface area (Å²) in [6, 6.07) is 34.4. The van der Waals surface area contributed by atoms with Gasteiger partial charge in [0.1, 0.15) is 6.04 Å². The van der Waals surface area contributed by atoms with Gasteiger partial charge in [-0.2, -0.15) is 0 Å². The maximum absolute atomic E-state index is 14.0. The molecule has 0 aliphatic carbocycles. The zero-order valence-electron chi connectivity index (χ0n) is 23.1. The van der Waals surface area contributed by atoms with Crippen LogP contribution < -0.4 is 14.8 Å². The molecule has 6 heteroatoms. The summed E-state index contributed by atoms with van der Waals surface area (Å²) >= 11 is 0. The van der Waals surface area contributed by atoms with Crippen LogP contribution in [0, 0.1) is 0 Å². The van der Waals surface area contributed by atoms with Gasteiger partial charge in [-0.05, 0) is 40.8 Å². The lowest BCUT2D eigenvalue weighted by Gasteiger charge is -2.32. The average Bonchev–Trinajstić information content (AvgIpc) is 3.00. The van der Waals surface area contributed by atoms with E-state index in [0.717, 1.165) is 22.3 Å². The molecular formula is C34H36N2O4. The summed E-state index contributed by atoms with van der Waals surface area (Å²) in [7, 11) is 3.15. The fraction of sp³-hybridized carbons (Fsp3) is 0.235. The molecule has 206 valence electrons. The van der Waals surface area contributed by atoms with Crippen LogP contribution >= 0.6 is 0 Å². The van der Waals surface area contributed by atoms with Crippen LogP contribution in [-0.2, 0) is 35.4 Å². The number of carbonyl (C=O) groups excluding carboxylic acids is 2. The largest absolute Gasteiger partial charge is 0.493 e. The van der Waals surface area contributed by atoms with Crippen LogP contribution in [0.25, 0.3) is 0 Å². The lowest BCUT2D eigenvalue weighted by atomic mass is 10.0. The summed E-state index contributed by atoms with van der Waals surface area (Å²) < 4.78 is 10.8.